The molecule has 0 radical (unpaired) electrons. The molecule has 2 heteroatoms. The van der Waals surface area contributed by atoms with Gasteiger partial charge in [0.1, 0.15) is 7.11 Å². The zero-order valence-electron chi connectivity index (χ0n) is 10.5. The number of oxime groups is 1. The topological polar surface area (TPSA) is 21.6 Å². The smallest absolute Gasteiger partial charge is 0.106 e. The van der Waals surface area contributed by atoms with Gasteiger partial charge in [0.15, 0.2) is 0 Å². The summed E-state index contributed by atoms with van der Waals surface area (Å²) in [6.07, 6.45) is 5.04. The average molecular weight is 219 g/mol. The Morgan fingerprint density at radius 2 is 1.88 bits per heavy atom. The summed E-state index contributed by atoms with van der Waals surface area (Å²) in [5, 5.41) is 3.92. The van der Waals surface area contributed by atoms with E-state index in [1.54, 1.807) is 7.11 Å². The Balaban J connectivity index is 2.57. The van der Waals surface area contributed by atoms with Crippen molar-refractivity contribution >= 4 is 5.71 Å². The minimum absolute atomic E-state index is 0.919. The number of rotatable bonds is 6. The highest BCUT2D eigenvalue weighted by Crippen LogP contribution is 2.09. The molecule has 0 spiro atoms. The van der Waals surface area contributed by atoms with Gasteiger partial charge < -0.3 is 4.84 Å². The van der Waals surface area contributed by atoms with Crippen LogP contribution in [0.25, 0.3) is 0 Å². The van der Waals surface area contributed by atoms with Crippen LogP contribution in [0.5, 0.6) is 0 Å². The molecule has 2 nitrogen and oxygen atoms in total. The predicted octanol–water partition coefficient (Wildman–Crippen LogP) is 3.79. The van der Waals surface area contributed by atoms with E-state index in [0.29, 0.717) is 0 Å². The first-order valence-corrected chi connectivity index (χ1v) is 5.95. The van der Waals surface area contributed by atoms with Crippen LogP contribution in [0.3, 0.4) is 0 Å². The van der Waals surface area contributed by atoms with Crippen molar-refractivity contribution in [3.05, 3.63) is 35.4 Å². The van der Waals surface area contributed by atoms with E-state index in [2.05, 4.69) is 36.3 Å². The third kappa shape index (κ3) is 4.05. The summed E-state index contributed by atoms with van der Waals surface area (Å²) in [5.41, 5.74) is 3.45. The number of benzene rings is 1. The zero-order chi connectivity index (χ0) is 11.8. The van der Waals surface area contributed by atoms with E-state index in [1.165, 1.54) is 31.2 Å². The van der Waals surface area contributed by atoms with Gasteiger partial charge in [0.25, 0.3) is 0 Å². The lowest BCUT2D eigenvalue weighted by molar-refractivity contribution is 0.213. The van der Waals surface area contributed by atoms with Crippen LogP contribution in [0.15, 0.2) is 29.4 Å². The van der Waals surface area contributed by atoms with Gasteiger partial charge in [-0.15, -0.1) is 0 Å². The number of hydrogen-bond acceptors (Lipinski definition) is 2. The Hall–Kier alpha value is -1.31. The SMILES string of the molecule is CCCCCc1ccc(/C(C)=N/OC)cc1. The van der Waals surface area contributed by atoms with Gasteiger partial charge in [-0.2, -0.15) is 0 Å². The van der Waals surface area contributed by atoms with Gasteiger partial charge in [0.05, 0.1) is 5.71 Å². The molecule has 1 rings (SSSR count). The van der Waals surface area contributed by atoms with E-state index in [-0.39, 0.29) is 0 Å². The lowest BCUT2D eigenvalue weighted by Gasteiger charge is -2.03. The van der Waals surface area contributed by atoms with Gasteiger partial charge in [-0.05, 0) is 30.9 Å². The second-order valence-electron chi connectivity index (χ2n) is 4.01. The van der Waals surface area contributed by atoms with Gasteiger partial charge >= 0.3 is 0 Å². The van der Waals surface area contributed by atoms with E-state index in [4.69, 9.17) is 4.84 Å². The van der Waals surface area contributed by atoms with Crippen molar-refractivity contribution in [2.24, 2.45) is 5.16 Å². The molecule has 0 aliphatic heterocycles. The summed E-state index contributed by atoms with van der Waals surface area (Å²) in [6, 6.07) is 8.58. The lowest BCUT2D eigenvalue weighted by atomic mass is 10.0. The number of hydrogen-bond donors (Lipinski definition) is 0. The molecule has 1 aromatic carbocycles. The van der Waals surface area contributed by atoms with Crippen molar-refractivity contribution in [1.29, 1.82) is 0 Å². The summed E-state index contributed by atoms with van der Waals surface area (Å²) < 4.78 is 0. The lowest BCUT2D eigenvalue weighted by Crippen LogP contribution is -1.95. The Morgan fingerprint density at radius 1 is 1.19 bits per heavy atom. The molecular weight excluding hydrogens is 198 g/mol. The zero-order valence-corrected chi connectivity index (χ0v) is 10.5. The van der Waals surface area contributed by atoms with Crippen LogP contribution >= 0.6 is 0 Å². The fraction of sp³-hybridized carbons (Fsp3) is 0.500. The second-order valence-corrected chi connectivity index (χ2v) is 4.01. The molecule has 0 atom stereocenters. The van der Waals surface area contributed by atoms with Crippen LogP contribution in [0.1, 0.15) is 44.2 Å². The van der Waals surface area contributed by atoms with Crippen LogP contribution < -0.4 is 0 Å². The molecule has 0 saturated carbocycles. The minimum Gasteiger partial charge on any atom is -0.399 e. The first-order valence-electron chi connectivity index (χ1n) is 5.95. The van der Waals surface area contributed by atoms with Crippen molar-refractivity contribution in [2.75, 3.05) is 7.11 Å². The van der Waals surface area contributed by atoms with Crippen LogP contribution in [0, 0.1) is 0 Å². The third-order valence-corrected chi connectivity index (χ3v) is 2.67. The highest BCUT2D eigenvalue weighted by atomic mass is 16.6. The number of nitrogens with zero attached hydrogens (tertiary/aromatic N) is 1. The first kappa shape index (κ1) is 12.8. The maximum Gasteiger partial charge on any atom is 0.106 e. The monoisotopic (exact) mass is 219 g/mol. The molecule has 0 unspecified atom stereocenters. The maximum atomic E-state index is 4.76. The largest absolute Gasteiger partial charge is 0.399 e. The molecular formula is C14H21NO. The third-order valence-electron chi connectivity index (χ3n) is 2.67. The van der Waals surface area contributed by atoms with Crippen molar-refractivity contribution < 1.29 is 4.84 Å². The summed E-state index contributed by atoms with van der Waals surface area (Å²) in [6.45, 7) is 4.18. The van der Waals surface area contributed by atoms with Crippen molar-refractivity contribution in [3.8, 4) is 0 Å². The first-order chi connectivity index (χ1) is 7.77. The van der Waals surface area contributed by atoms with E-state index in [9.17, 15) is 0 Å². The van der Waals surface area contributed by atoms with Crippen molar-refractivity contribution in [2.45, 2.75) is 39.5 Å². The van der Waals surface area contributed by atoms with Crippen LogP contribution in [0.4, 0.5) is 0 Å². The highest BCUT2D eigenvalue weighted by Gasteiger charge is 1.98. The molecule has 0 bridgehead atoms. The van der Waals surface area contributed by atoms with Crippen LogP contribution in [-0.4, -0.2) is 12.8 Å². The Morgan fingerprint density at radius 3 is 2.44 bits per heavy atom. The van der Waals surface area contributed by atoms with Crippen LogP contribution in [-0.2, 0) is 11.3 Å². The van der Waals surface area contributed by atoms with E-state index >= 15 is 0 Å². The van der Waals surface area contributed by atoms with E-state index < -0.39 is 0 Å². The fourth-order valence-corrected chi connectivity index (χ4v) is 1.68. The highest BCUT2D eigenvalue weighted by molar-refractivity contribution is 5.98. The molecule has 0 aliphatic rings. The molecule has 16 heavy (non-hydrogen) atoms. The average Bonchev–Trinajstić information content (AvgIpc) is 2.30. The minimum atomic E-state index is 0.919. The van der Waals surface area contributed by atoms with Gasteiger partial charge in [0, 0.05) is 0 Å². The molecule has 0 aliphatic carbocycles. The molecule has 0 heterocycles. The fourth-order valence-electron chi connectivity index (χ4n) is 1.68. The van der Waals surface area contributed by atoms with Gasteiger partial charge in [0.2, 0.25) is 0 Å². The molecule has 88 valence electrons. The molecule has 0 amide bonds. The van der Waals surface area contributed by atoms with Crippen LogP contribution in [0.2, 0.25) is 0 Å². The van der Waals surface area contributed by atoms with E-state index in [0.717, 1.165) is 11.3 Å². The quantitative estimate of drug-likeness (QED) is 0.405. The van der Waals surface area contributed by atoms with Gasteiger partial charge in [-0.3, -0.25) is 0 Å². The molecule has 0 N–H and O–H groups in total. The second kappa shape index (κ2) is 7.04. The molecule has 0 aromatic heterocycles. The molecule has 0 saturated heterocycles. The molecule has 0 fully saturated rings. The van der Waals surface area contributed by atoms with Crippen molar-refractivity contribution in [1.82, 2.24) is 0 Å². The summed E-state index contributed by atoms with van der Waals surface area (Å²) >= 11 is 0. The Labute approximate surface area is 98.3 Å². The Bertz CT molecular complexity index is 327. The summed E-state index contributed by atoms with van der Waals surface area (Å²) in [5.74, 6) is 0. The van der Waals surface area contributed by atoms with E-state index in [1.807, 2.05) is 6.92 Å². The summed E-state index contributed by atoms with van der Waals surface area (Å²) in [4.78, 5) is 4.76. The van der Waals surface area contributed by atoms with Crippen molar-refractivity contribution in [3.63, 3.8) is 0 Å². The van der Waals surface area contributed by atoms with Gasteiger partial charge in [-0.25, -0.2) is 0 Å². The normalized spacial score (nSPS) is 11.6. The summed E-state index contributed by atoms with van der Waals surface area (Å²) in [7, 11) is 1.57. The predicted molar refractivity (Wildman–Crippen MR) is 68.9 cm³/mol. The maximum absolute atomic E-state index is 4.76. The molecule has 1 aromatic rings. The Kier molecular flexibility index (Phi) is 5.62. The number of unbranched alkanes of at least 4 members (excludes halogenated alkanes) is 2. The standard InChI is InChI=1S/C14H21NO/c1-4-5-6-7-13-8-10-14(11-9-13)12(2)15-16-3/h8-11H,4-7H2,1-3H3/b15-12+. The van der Waals surface area contributed by atoms with Gasteiger partial charge in [-0.1, -0.05) is 49.2 Å². The number of aryl methyl sites for hydroxylation is 1.